The molecule has 0 aromatic carbocycles. The predicted octanol–water partition coefficient (Wildman–Crippen LogP) is 1.47. The van der Waals surface area contributed by atoms with E-state index in [1.54, 1.807) is 0 Å². The molecule has 2 N–H and O–H groups in total. The molecule has 2 amide bonds. The van der Waals surface area contributed by atoms with Gasteiger partial charge < -0.3 is 15.4 Å². The fourth-order valence-electron chi connectivity index (χ4n) is 1.12. The average Bonchev–Trinajstić information content (AvgIpc) is 2.23. The molecule has 112 valence electrons. The van der Waals surface area contributed by atoms with Crippen LogP contribution in [0.5, 0.6) is 0 Å². The summed E-state index contributed by atoms with van der Waals surface area (Å²) in [6.07, 6.45) is 0.711. The molecule has 0 aliphatic carbocycles. The van der Waals surface area contributed by atoms with Crippen molar-refractivity contribution in [2.45, 2.75) is 53.6 Å². The molecule has 19 heavy (non-hydrogen) atoms. The second kappa shape index (κ2) is 7.48. The lowest BCUT2D eigenvalue weighted by molar-refractivity contribution is -0.130. The quantitative estimate of drug-likeness (QED) is 0.720. The van der Waals surface area contributed by atoms with Crippen LogP contribution in [0.3, 0.4) is 0 Å². The lowest BCUT2D eigenvalue weighted by Gasteiger charge is -2.19. The number of carbonyl (C=O) groups excluding carboxylic acids is 2. The first-order chi connectivity index (χ1) is 8.52. The van der Waals surface area contributed by atoms with Crippen molar-refractivity contribution in [1.29, 1.82) is 0 Å². The minimum Gasteiger partial charge on any atom is -0.366 e. The molecule has 0 atom stereocenters. The van der Waals surface area contributed by atoms with Gasteiger partial charge in [-0.2, -0.15) is 0 Å². The van der Waals surface area contributed by atoms with Gasteiger partial charge in [0, 0.05) is 18.5 Å². The van der Waals surface area contributed by atoms with Gasteiger partial charge in [-0.05, 0) is 27.2 Å². The summed E-state index contributed by atoms with van der Waals surface area (Å²) in [6, 6.07) is 0. The second-order valence-electron chi connectivity index (χ2n) is 6.61. The Balaban J connectivity index is 3.60. The zero-order valence-corrected chi connectivity index (χ0v) is 13.1. The molecular weight excluding hydrogens is 244 g/mol. The first-order valence-corrected chi connectivity index (χ1v) is 6.71. The summed E-state index contributed by atoms with van der Waals surface area (Å²) in [5.74, 6) is -0.105. The highest BCUT2D eigenvalue weighted by molar-refractivity contribution is 5.81. The van der Waals surface area contributed by atoms with Gasteiger partial charge in [-0.3, -0.25) is 9.59 Å². The molecule has 0 aliphatic heterocycles. The minimum absolute atomic E-state index is 0.0230. The van der Waals surface area contributed by atoms with Crippen LogP contribution < -0.4 is 10.6 Å². The third kappa shape index (κ3) is 10.5. The topological polar surface area (TPSA) is 67.4 Å². The van der Waals surface area contributed by atoms with Crippen molar-refractivity contribution in [3.63, 3.8) is 0 Å². The molecule has 0 saturated heterocycles. The molecule has 5 heteroatoms. The molecule has 0 radical (unpaired) electrons. The Morgan fingerprint density at radius 1 is 0.947 bits per heavy atom. The Hall–Kier alpha value is -1.10. The Morgan fingerprint density at radius 3 is 1.95 bits per heavy atom. The Morgan fingerprint density at radius 2 is 1.47 bits per heavy atom. The maximum Gasteiger partial charge on any atom is 0.246 e. The van der Waals surface area contributed by atoms with E-state index in [-0.39, 0.29) is 29.4 Å². The largest absolute Gasteiger partial charge is 0.366 e. The van der Waals surface area contributed by atoms with Crippen LogP contribution in [-0.2, 0) is 14.3 Å². The van der Waals surface area contributed by atoms with E-state index in [1.165, 1.54) is 0 Å². The van der Waals surface area contributed by atoms with E-state index in [1.807, 2.05) is 41.5 Å². The van der Waals surface area contributed by atoms with Crippen molar-refractivity contribution in [2.75, 3.05) is 19.7 Å². The molecular formula is C14H28N2O3. The fourth-order valence-corrected chi connectivity index (χ4v) is 1.12. The van der Waals surface area contributed by atoms with E-state index in [9.17, 15) is 9.59 Å². The monoisotopic (exact) mass is 272 g/mol. The number of hydrogen-bond donors (Lipinski definition) is 2. The van der Waals surface area contributed by atoms with Gasteiger partial charge in [0.2, 0.25) is 11.8 Å². The number of rotatable bonds is 6. The smallest absolute Gasteiger partial charge is 0.246 e. The van der Waals surface area contributed by atoms with Crippen molar-refractivity contribution in [3.8, 4) is 0 Å². The summed E-state index contributed by atoms with van der Waals surface area (Å²) in [4.78, 5) is 23.0. The van der Waals surface area contributed by atoms with Crippen molar-refractivity contribution < 1.29 is 14.3 Å². The van der Waals surface area contributed by atoms with E-state index in [4.69, 9.17) is 4.74 Å². The zero-order chi connectivity index (χ0) is 15.1. The van der Waals surface area contributed by atoms with E-state index < -0.39 is 0 Å². The van der Waals surface area contributed by atoms with Crippen LogP contribution in [0.15, 0.2) is 0 Å². The summed E-state index contributed by atoms with van der Waals surface area (Å²) in [5.41, 5.74) is -0.679. The van der Waals surface area contributed by atoms with Crippen molar-refractivity contribution in [1.82, 2.24) is 10.6 Å². The fraction of sp³-hybridized carbons (Fsp3) is 0.857. The van der Waals surface area contributed by atoms with E-state index >= 15 is 0 Å². The maximum absolute atomic E-state index is 11.6. The lowest BCUT2D eigenvalue weighted by Crippen LogP contribution is -2.37. The molecule has 0 fully saturated rings. The molecule has 0 unspecified atom stereocenters. The molecule has 0 saturated carbocycles. The highest BCUT2D eigenvalue weighted by Gasteiger charge is 2.20. The molecule has 0 aliphatic rings. The molecule has 0 rings (SSSR count). The summed E-state index contributed by atoms with van der Waals surface area (Å²) < 4.78 is 5.35. The van der Waals surface area contributed by atoms with Gasteiger partial charge in [-0.25, -0.2) is 0 Å². The third-order valence-corrected chi connectivity index (χ3v) is 2.28. The van der Waals surface area contributed by atoms with Gasteiger partial charge in [0.05, 0.1) is 5.60 Å². The van der Waals surface area contributed by atoms with Crippen LogP contribution in [0.4, 0.5) is 0 Å². The van der Waals surface area contributed by atoms with Gasteiger partial charge in [-0.1, -0.05) is 20.8 Å². The second-order valence-corrected chi connectivity index (χ2v) is 6.61. The average molecular weight is 272 g/mol. The van der Waals surface area contributed by atoms with Crippen LogP contribution in [0, 0.1) is 5.41 Å². The molecule has 0 aromatic rings. The predicted molar refractivity (Wildman–Crippen MR) is 75.8 cm³/mol. The lowest BCUT2D eigenvalue weighted by atomic mass is 9.96. The van der Waals surface area contributed by atoms with Crippen molar-refractivity contribution in [2.24, 2.45) is 5.41 Å². The van der Waals surface area contributed by atoms with Crippen LogP contribution in [-0.4, -0.2) is 37.1 Å². The van der Waals surface area contributed by atoms with Crippen LogP contribution in [0.2, 0.25) is 0 Å². The molecule has 0 heterocycles. The summed E-state index contributed by atoms with van der Waals surface area (Å²) in [7, 11) is 0. The number of ether oxygens (including phenoxy) is 1. The maximum atomic E-state index is 11.6. The highest BCUT2D eigenvalue weighted by atomic mass is 16.5. The minimum atomic E-state index is -0.371. The van der Waals surface area contributed by atoms with E-state index in [2.05, 4.69) is 10.6 Å². The van der Waals surface area contributed by atoms with Crippen molar-refractivity contribution >= 4 is 11.8 Å². The first kappa shape index (κ1) is 17.9. The van der Waals surface area contributed by atoms with Gasteiger partial charge >= 0.3 is 0 Å². The van der Waals surface area contributed by atoms with E-state index in [0.29, 0.717) is 19.5 Å². The van der Waals surface area contributed by atoms with E-state index in [0.717, 1.165) is 0 Å². The van der Waals surface area contributed by atoms with Crippen LogP contribution >= 0.6 is 0 Å². The van der Waals surface area contributed by atoms with Crippen LogP contribution in [0.1, 0.15) is 48.0 Å². The molecule has 0 aromatic heterocycles. The summed E-state index contributed by atoms with van der Waals surface area (Å²) >= 11 is 0. The standard InChI is InChI=1S/C14H28N2O3/c1-13(2,3)12(18)16-9-7-8-15-11(17)10-19-14(4,5)6/h7-10H2,1-6H3,(H,15,17)(H,16,18). The Kier molecular flexibility index (Phi) is 7.05. The van der Waals surface area contributed by atoms with Crippen molar-refractivity contribution in [3.05, 3.63) is 0 Å². The zero-order valence-electron chi connectivity index (χ0n) is 13.1. The first-order valence-electron chi connectivity index (χ1n) is 6.71. The van der Waals surface area contributed by atoms with Gasteiger partial charge in [-0.15, -0.1) is 0 Å². The number of hydrogen-bond acceptors (Lipinski definition) is 3. The number of amides is 2. The Labute approximate surface area is 116 Å². The van der Waals surface area contributed by atoms with Gasteiger partial charge in [0.25, 0.3) is 0 Å². The summed E-state index contributed by atoms with van der Waals surface area (Å²) in [5, 5.41) is 5.58. The SMILES string of the molecule is CC(C)(C)OCC(=O)NCCCNC(=O)C(C)(C)C. The van der Waals surface area contributed by atoms with Crippen LogP contribution in [0.25, 0.3) is 0 Å². The third-order valence-electron chi connectivity index (χ3n) is 2.28. The number of carbonyl (C=O) groups is 2. The summed E-state index contributed by atoms with van der Waals surface area (Å²) in [6.45, 7) is 12.5. The molecule has 0 bridgehead atoms. The molecule has 5 nitrogen and oxygen atoms in total. The normalized spacial score (nSPS) is 12.1. The highest BCUT2D eigenvalue weighted by Crippen LogP contribution is 2.11. The Bertz CT molecular complexity index is 301. The number of nitrogens with one attached hydrogen (secondary N) is 2. The van der Waals surface area contributed by atoms with Gasteiger partial charge in [0.15, 0.2) is 0 Å². The molecule has 0 spiro atoms. The van der Waals surface area contributed by atoms with Gasteiger partial charge in [0.1, 0.15) is 6.61 Å².